The van der Waals surface area contributed by atoms with Gasteiger partial charge in [-0.2, -0.15) is 0 Å². The third-order valence-corrected chi connectivity index (χ3v) is 4.26. The smallest absolute Gasteiger partial charge is 0.292 e. The van der Waals surface area contributed by atoms with Crippen molar-refractivity contribution in [1.29, 1.82) is 0 Å². The fraction of sp³-hybridized carbons (Fsp3) is 0.533. The minimum absolute atomic E-state index is 0.0643. The number of fused-ring (bicyclic) bond motifs is 1. The first-order valence-corrected chi connectivity index (χ1v) is 7.51. The first-order chi connectivity index (χ1) is 10.1. The molecule has 1 aromatic rings. The van der Waals surface area contributed by atoms with E-state index >= 15 is 0 Å². The Bertz CT molecular complexity index is 578. The fourth-order valence-electron chi connectivity index (χ4n) is 3.17. The zero-order chi connectivity index (χ0) is 14.8. The zero-order valence-electron chi connectivity index (χ0n) is 11.9. The van der Waals surface area contributed by atoms with Crippen LogP contribution in [0.2, 0.25) is 0 Å². The van der Waals surface area contributed by atoms with Crippen LogP contribution in [0.5, 0.6) is 0 Å². The van der Waals surface area contributed by atoms with E-state index in [1.807, 2.05) is 0 Å². The summed E-state index contributed by atoms with van der Waals surface area (Å²) in [4.78, 5) is 22.3. The van der Waals surface area contributed by atoms with Gasteiger partial charge in [0, 0.05) is 17.8 Å². The van der Waals surface area contributed by atoms with Crippen molar-refractivity contribution >= 4 is 23.0 Å². The molecule has 3 rings (SSSR count). The van der Waals surface area contributed by atoms with Crippen LogP contribution in [0.4, 0.5) is 17.1 Å². The van der Waals surface area contributed by atoms with Crippen molar-refractivity contribution in [2.45, 2.75) is 51.0 Å². The van der Waals surface area contributed by atoms with Crippen molar-refractivity contribution < 1.29 is 9.72 Å². The van der Waals surface area contributed by atoms with Crippen LogP contribution in [-0.4, -0.2) is 16.9 Å². The summed E-state index contributed by atoms with van der Waals surface area (Å²) in [5.41, 5.74) is 1.99. The summed E-state index contributed by atoms with van der Waals surface area (Å²) < 4.78 is 0. The molecule has 6 heteroatoms. The van der Waals surface area contributed by atoms with Crippen LogP contribution in [0.1, 0.15) is 44.1 Å². The summed E-state index contributed by atoms with van der Waals surface area (Å²) in [6.45, 7) is 0. The normalized spacial score (nSPS) is 18.8. The summed E-state index contributed by atoms with van der Waals surface area (Å²) in [6, 6.07) is 3.51. The summed E-state index contributed by atoms with van der Waals surface area (Å²) in [6.07, 6.45) is 7.10. The van der Waals surface area contributed by atoms with Crippen LogP contribution in [0.15, 0.2) is 12.1 Å². The fourth-order valence-corrected chi connectivity index (χ4v) is 3.17. The third-order valence-electron chi connectivity index (χ3n) is 4.26. The van der Waals surface area contributed by atoms with Gasteiger partial charge < -0.3 is 10.6 Å². The van der Waals surface area contributed by atoms with Crippen LogP contribution < -0.4 is 10.6 Å². The van der Waals surface area contributed by atoms with Crippen LogP contribution >= 0.6 is 0 Å². The van der Waals surface area contributed by atoms with Gasteiger partial charge in [-0.1, -0.05) is 25.7 Å². The Morgan fingerprint density at radius 2 is 1.90 bits per heavy atom. The third kappa shape index (κ3) is 2.99. The number of nitrogens with zero attached hydrogens (tertiary/aromatic N) is 1. The molecule has 1 amide bonds. The molecule has 6 nitrogen and oxygen atoms in total. The molecule has 2 aliphatic rings. The van der Waals surface area contributed by atoms with Crippen LogP contribution in [0, 0.1) is 10.1 Å². The number of nitro benzene ring substituents is 1. The van der Waals surface area contributed by atoms with E-state index in [-0.39, 0.29) is 29.0 Å². The number of anilines is 2. The first kappa shape index (κ1) is 13.9. The van der Waals surface area contributed by atoms with E-state index in [2.05, 4.69) is 10.6 Å². The Morgan fingerprint density at radius 3 is 2.57 bits per heavy atom. The minimum Gasteiger partial charge on any atom is -0.377 e. The Kier molecular flexibility index (Phi) is 3.77. The van der Waals surface area contributed by atoms with E-state index in [0.29, 0.717) is 16.9 Å². The molecule has 0 bridgehead atoms. The van der Waals surface area contributed by atoms with Crippen molar-refractivity contribution in [3.05, 3.63) is 27.8 Å². The van der Waals surface area contributed by atoms with Gasteiger partial charge in [0.05, 0.1) is 11.3 Å². The summed E-state index contributed by atoms with van der Waals surface area (Å²) >= 11 is 0. The lowest BCUT2D eigenvalue weighted by atomic mass is 10.1. The quantitative estimate of drug-likeness (QED) is 0.508. The van der Waals surface area contributed by atoms with E-state index in [4.69, 9.17) is 0 Å². The lowest BCUT2D eigenvalue weighted by Gasteiger charge is -2.18. The van der Waals surface area contributed by atoms with Crippen molar-refractivity contribution in [2.75, 3.05) is 10.6 Å². The van der Waals surface area contributed by atoms with Crippen LogP contribution in [-0.2, 0) is 11.2 Å². The molecule has 21 heavy (non-hydrogen) atoms. The molecule has 0 spiro atoms. The van der Waals surface area contributed by atoms with Crippen molar-refractivity contribution in [1.82, 2.24) is 0 Å². The van der Waals surface area contributed by atoms with Crippen molar-refractivity contribution in [3.63, 3.8) is 0 Å². The molecule has 0 atom stereocenters. The van der Waals surface area contributed by atoms with Crippen LogP contribution in [0.25, 0.3) is 0 Å². The molecule has 1 saturated carbocycles. The molecule has 2 N–H and O–H groups in total. The highest BCUT2D eigenvalue weighted by Gasteiger charge is 2.25. The van der Waals surface area contributed by atoms with Gasteiger partial charge in [0.2, 0.25) is 5.91 Å². The van der Waals surface area contributed by atoms with Crippen molar-refractivity contribution in [2.24, 2.45) is 0 Å². The van der Waals surface area contributed by atoms with Crippen molar-refractivity contribution in [3.8, 4) is 0 Å². The Hall–Kier alpha value is -2.11. The molecule has 0 radical (unpaired) electrons. The van der Waals surface area contributed by atoms with Gasteiger partial charge in [0.25, 0.3) is 5.69 Å². The highest BCUT2D eigenvalue weighted by Crippen LogP contribution is 2.35. The highest BCUT2D eigenvalue weighted by atomic mass is 16.6. The number of hydrogen-bond acceptors (Lipinski definition) is 4. The first-order valence-electron chi connectivity index (χ1n) is 7.51. The van der Waals surface area contributed by atoms with Gasteiger partial charge in [-0.3, -0.25) is 14.9 Å². The molecule has 112 valence electrons. The van der Waals surface area contributed by atoms with E-state index in [0.717, 1.165) is 25.7 Å². The Morgan fingerprint density at radius 1 is 1.19 bits per heavy atom. The second-order valence-corrected chi connectivity index (χ2v) is 5.84. The number of amides is 1. The summed E-state index contributed by atoms with van der Waals surface area (Å²) in [7, 11) is 0. The topological polar surface area (TPSA) is 84.3 Å². The van der Waals surface area contributed by atoms with E-state index in [1.54, 1.807) is 6.07 Å². The lowest BCUT2D eigenvalue weighted by molar-refractivity contribution is -0.384. The van der Waals surface area contributed by atoms with Gasteiger partial charge >= 0.3 is 0 Å². The largest absolute Gasteiger partial charge is 0.377 e. The van der Waals surface area contributed by atoms with Gasteiger partial charge in [0.1, 0.15) is 5.69 Å². The molecule has 0 aromatic heterocycles. The predicted octanol–water partition coefficient (Wildman–Crippen LogP) is 3.22. The molecule has 1 fully saturated rings. The molecule has 1 aromatic carbocycles. The second-order valence-electron chi connectivity index (χ2n) is 5.84. The monoisotopic (exact) mass is 289 g/mol. The molecule has 1 aliphatic heterocycles. The van der Waals surface area contributed by atoms with Gasteiger partial charge in [-0.15, -0.1) is 0 Å². The highest BCUT2D eigenvalue weighted by molar-refractivity contribution is 6.00. The van der Waals surface area contributed by atoms with Gasteiger partial charge in [-0.25, -0.2) is 0 Å². The maximum Gasteiger partial charge on any atom is 0.292 e. The zero-order valence-corrected chi connectivity index (χ0v) is 11.9. The molecule has 0 saturated heterocycles. The Labute approximate surface area is 123 Å². The minimum atomic E-state index is -0.373. The molecule has 1 heterocycles. The molecule has 1 aliphatic carbocycles. The van der Waals surface area contributed by atoms with E-state index in [9.17, 15) is 14.9 Å². The summed E-state index contributed by atoms with van der Waals surface area (Å²) in [5, 5.41) is 17.3. The molecular formula is C15H19N3O3. The van der Waals surface area contributed by atoms with E-state index in [1.165, 1.54) is 18.9 Å². The van der Waals surface area contributed by atoms with Gasteiger partial charge in [-0.05, 0) is 24.5 Å². The lowest BCUT2D eigenvalue weighted by Crippen LogP contribution is -2.19. The number of nitrogens with one attached hydrogen (secondary N) is 2. The van der Waals surface area contributed by atoms with Crippen LogP contribution in [0.3, 0.4) is 0 Å². The number of rotatable bonds is 3. The summed E-state index contributed by atoms with van der Waals surface area (Å²) in [5.74, 6) is -0.106. The average molecular weight is 289 g/mol. The predicted molar refractivity (Wildman–Crippen MR) is 80.5 cm³/mol. The standard InChI is InChI=1S/C15H19N3O3/c19-15-8-10-7-14(18(20)21)13(9-12(10)17-15)16-11-5-3-1-2-4-6-11/h7,9,11,16H,1-6,8H2,(H,17,19). The number of benzene rings is 1. The average Bonchev–Trinajstić information content (AvgIpc) is 2.62. The Balaban J connectivity index is 1.87. The number of carbonyl (C=O) groups is 1. The maximum absolute atomic E-state index is 11.4. The number of hydrogen-bond donors (Lipinski definition) is 2. The number of nitro groups is 1. The molecule has 0 unspecified atom stereocenters. The maximum atomic E-state index is 11.4. The second kappa shape index (κ2) is 5.71. The van der Waals surface area contributed by atoms with E-state index < -0.39 is 0 Å². The SMILES string of the molecule is O=C1Cc2cc([N+](=O)[O-])c(NC3CCCCCC3)cc2N1. The van der Waals surface area contributed by atoms with Gasteiger partial charge in [0.15, 0.2) is 0 Å². The molecular weight excluding hydrogens is 270 g/mol. The number of carbonyl (C=O) groups excluding carboxylic acids is 1.